The molecule has 6 heteroatoms. The summed E-state index contributed by atoms with van der Waals surface area (Å²) in [5, 5.41) is 3.25. The van der Waals surface area contributed by atoms with E-state index in [1.165, 1.54) is 21.9 Å². The van der Waals surface area contributed by atoms with E-state index in [0.717, 1.165) is 11.3 Å². The van der Waals surface area contributed by atoms with E-state index in [1.807, 2.05) is 18.2 Å². The fourth-order valence-electron chi connectivity index (χ4n) is 2.63. The van der Waals surface area contributed by atoms with Gasteiger partial charge >= 0.3 is 0 Å². The SMILES string of the molecule is CN1C(=O)CC(=O)N(C)c2cc(NCc3ccc(F)cc3)ccc21. The van der Waals surface area contributed by atoms with E-state index in [-0.39, 0.29) is 24.1 Å². The molecule has 0 aliphatic carbocycles. The Balaban J connectivity index is 1.84. The minimum atomic E-state index is -0.267. The maximum atomic E-state index is 12.9. The normalized spacial score (nSPS) is 14.5. The zero-order valence-electron chi connectivity index (χ0n) is 13.5. The van der Waals surface area contributed by atoms with Gasteiger partial charge in [-0.05, 0) is 35.9 Å². The highest BCUT2D eigenvalue weighted by Crippen LogP contribution is 2.34. The number of anilines is 3. The van der Waals surface area contributed by atoms with E-state index in [2.05, 4.69) is 5.32 Å². The number of nitrogens with one attached hydrogen (secondary N) is 1. The van der Waals surface area contributed by atoms with Crippen molar-refractivity contribution in [3.05, 3.63) is 53.8 Å². The number of rotatable bonds is 3. The lowest BCUT2D eigenvalue weighted by Crippen LogP contribution is -2.28. The van der Waals surface area contributed by atoms with Gasteiger partial charge in [-0.1, -0.05) is 12.1 Å². The number of nitrogens with zero attached hydrogens (tertiary/aromatic N) is 2. The molecule has 0 unspecified atom stereocenters. The number of hydrogen-bond acceptors (Lipinski definition) is 3. The predicted octanol–water partition coefficient (Wildman–Crippen LogP) is 2.77. The number of amides is 2. The summed E-state index contributed by atoms with van der Waals surface area (Å²) < 4.78 is 12.9. The highest BCUT2D eigenvalue weighted by molar-refractivity contribution is 6.15. The van der Waals surface area contributed by atoms with Crippen LogP contribution in [0.25, 0.3) is 0 Å². The van der Waals surface area contributed by atoms with Crippen molar-refractivity contribution in [2.24, 2.45) is 0 Å². The zero-order chi connectivity index (χ0) is 17.3. The van der Waals surface area contributed by atoms with Gasteiger partial charge in [0, 0.05) is 26.3 Å². The lowest BCUT2D eigenvalue weighted by molar-refractivity contribution is -0.125. The van der Waals surface area contributed by atoms with Crippen LogP contribution in [0.4, 0.5) is 21.5 Å². The van der Waals surface area contributed by atoms with Crippen LogP contribution >= 0.6 is 0 Å². The maximum Gasteiger partial charge on any atom is 0.236 e. The molecule has 0 saturated heterocycles. The van der Waals surface area contributed by atoms with Gasteiger partial charge in [0.2, 0.25) is 11.8 Å². The van der Waals surface area contributed by atoms with Gasteiger partial charge in [-0.25, -0.2) is 4.39 Å². The Morgan fingerprint density at radius 2 is 1.58 bits per heavy atom. The molecule has 2 aromatic rings. The number of benzene rings is 2. The van der Waals surface area contributed by atoms with Gasteiger partial charge in [0.25, 0.3) is 0 Å². The fourth-order valence-corrected chi connectivity index (χ4v) is 2.63. The Morgan fingerprint density at radius 3 is 2.25 bits per heavy atom. The van der Waals surface area contributed by atoms with Crippen LogP contribution in [0.3, 0.4) is 0 Å². The van der Waals surface area contributed by atoms with Gasteiger partial charge in [0.15, 0.2) is 0 Å². The van der Waals surface area contributed by atoms with Gasteiger partial charge < -0.3 is 15.1 Å². The smallest absolute Gasteiger partial charge is 0.236 e. The van der Waals surface area contributed by atoms with E-state index >= 15 is 0 Å². The van der Waals surface area contributed by atoms with Crippen molar-refractivity contribution in [1.29, 1.82) is 0 Å². The van der Waals surface area contributed by atoms with Crippen LogP contribution in [0.5, 0.6) is 0 Å². The van der Waals surface area contributed by atoms with Gasteiger partial charge in [-0.3, -0.25) is 9.59 Å². The van der Waals surface area contributed by atoms with Crippen molar-refractivity contribution in [3.63, 3.8) is 0 Å². The van der Waals surface area contributed by atoms with E-state index in [9.17, 15) is 14.0 Å². The summed E-state index contributed by atoms with van der Waals surface area (Å²) in [4.78, 5) is 27.1. The molecule has 0 saturated carbocycles. The Bertz CT molecular complexity index is 789. The predicted molar refractivity (Wildman–Crippen MR) is 91.6 cm³/mol. The molecule has 0 spiro atoms. The molecule has 124 valence electrons. The van der Waals surface area contributed by atoms with Gasteiger partial charge in [0.05, 0.1) is 11.4 Å². The van der Waals surface area contributed by atoms with E-state index in [4.69, 9.17) is 0 Å². The molecule has 1 aliphatic heterocycles. The molecule has 24 heavy (non-hydrogen) atoms. The highest BCUT2D eigenvalue weighted by atomic mass is 19.1. The van der Waals surface area contributed by atoms with Crippen molar-refractivity contribution in [1.82, 2.24) is 0 Å². The first-order valence-corrected chi connectivity index (χ1v) is 7.61. The zero-order valence-corrected chi connectivity index (χ0v) is 13.5. The molecule has 1 heterocycles. The Hall–Kier alpha value is -2.89. The first kappa shape index (κ1) is 16.0. The molecule has 0 fully saturated rings. The van der Waals surface area contributed by atoms with E-state index < -0.39 is 0 Å². The Kier molecular flexibility index (Phi) is 4.20. The van der Waals surface area contributed by atoms with Crippen molar-refractivity contribution < 1.29 is 14.0 Å². The van der Waals surface area contributed by atoms with Crippen molar-refractivity contribution in [2.45, 2.75) is 13.0 Å². The minimum absolute atomic E-state index is 0.139. The summed E-state index contributed by atoms with van der Waals surface area (Å²) in [5.41, 5.74) is 3.14. The Labute approximate surface area is 139 Å². The summed E-state index contributed by atoms with van der Waals surface area (Å²) in [6, 6.07) is 11.8. The largest absolute Gasteiger partial charge is 0.381 e. The van der Waals surface area contributed by atoms with Crippen molar-refractivity contribution in [2.75, 3.05) is 29.2 Å². The average Bonchev–Trinajstić information content (AvgIpc) is 2.66. The molecule has 0 aromatic heterocycles. The third-order valence-corrected chi connectivity index (χ3v) is 4.16. The van der Waals surface area contributed by atoms with Crippen LogP contribution in [0.15, 0.2) is 42.5 Å². The quantitative estimate of drug-likeness (QED) is 0.882. The molecule has 1 N–H and O–H groups in total. The Morgan fingerprint density at radius 1 is 0.958 bits per heavy atom. The second-order valence-electron chi connectivity index (χ2n) is 5.77. The van der Waals surface area contributed by atoms with Gasteiger partial charge in [-0.15, -0.1) is 0 Å². The fraction of sp³-hybridized carbons (Fsp3) is 0.222. The van der Waals surface area contributed by atoms with Crippen LogP contribution < -0.4 is 15.1 Å². The maximum absolute atomic E-state index is 12.9. The molecule has 2 aromatic carbocycles. The lowest BCUT2D eigenvalue weighted by Gasteiger charge is -2.21. The highest BCUT2D eigenvalue weighted by Gasteiger charge is 2.27. The summed E-state index contributed by atoms with van der Waals surface area (Å²) in [6.45, 7) is 0.533. The number of carbonyl (C=O) groups is 2. The van der Waals surface area contributed by atoms with Crippen LogP contribution in [0, 0.1) is 5.82 Å². The summed E-state index contributed by atoms with van der Waals surface area (Å²) in [7, 11) is 3.33. The van der Waals surface area contributed by atoms with Crippen LogP contribution in [0.2, 0.25) is 0 Å². The number of halogens is 1. The first-order chi connectivity index (χ1) is 11.5. The summed E-state index contributed by atoms with van der Waals surface area (Å²) in [6.07, 6.45) is -0.139. The van der Waals surface area contributed by atoms with Gasteiger partial charge in [-0.2, -0.15) is 0 Å². The van der Waals surface area contributed by atoms with Crippen LogP contribution in [-0.2, 0) is 16.1 Å². The number of fused-ring (bicyclic) bond motifs is 1. The second kappa shape index (κ2) is 6.31. The molecule has 1 aliphatic rings. The second-order valence-corrected chi connectivity index (χ2v) is 5.77. The molecular weight excluding hydrogens is 309 g/mol. The summed E-state index contributed by atoms with van der Waals surface area (Å²) >= 11 is 0. The third kappa shape index (κ3) is 3.08. The van der Waals surface area contributed by atoms with Gasteiger partial charge in [0.1, 0.15) is 12.2 Å². The third-order valence-electron chi connectivity index (χ3n) is 4.16. The topological polar surface area (TPSA) is 52.7 Å². The van der Waals surface area contributed by atoms with Crippen LogP contribution in [-0.4, -0.2) is 25.9 Å². The first-order valence-electron chi connectivity index (χ1n) is 7.61. The van der Waals surface area contributed by atoms with E-state index in [0.29, 0.717) is 17.9 Å². The minimum Gasteiger partial charge on any atom is -0.381 e. The number of carbonyl (C=O) groups excluding carboxylic acids is 2. The molecule has 0 radical (unpaired) electrons. The molecule has 2 amide bonds. The molecule has 5 nitrogen and oxygen atoms in total. The van der Waals surface area contributed by atoms with Crippen molar-refractivity contribution >= 4 is 28.9 Å². The van der Waals surface area contributed by atoms with Crippen LogP contribution in [0.1, 0.15) is 12.0 Å². The van der Waals surface area contributed by atoms with E-state index in [1.54, 1.807) is 26.2 Å². The number of hydrogen-bond donors (Lipinski definition) is 1. The summed E-state index contributed by atoms with van der Waals surface area (Å²) in [5.74, 6) is -0.726. The van der Waals surface area contributed by atoms with Crippen molar-refractivity contribution in [3.8, 4) is 0 Å². The molecule has 3 rings (SSSR count). The monoisotopic (exact) mass is 327 g/mol. The molecule has 0 atom stereocenters. The molecular formula is C18H18FN3O2. The molecule has 0 bridgehead atoms. The average molecular weight is 327 g/mol. The standard InChI is InChI=1S/C18H18FN3O2/c1-21-15-8-7-14(20-11-12-3-5-13(19)6-4-12)9-16(15)22(2)18(24)10-17(21)23/h3-9,20H,10-11H2,1-2H3. The lowest BCUT2D eigenvalue weighted by atomic mass is 10.2.